The molecule has 2 N–H and O–H groups in total. The quantitative estimate of drug-likeness (QED) is 0.803. The summed E-state index contributed by atoms with van der Waals surface area (Å²) < 4.78 is 1.20. The first-order chi connectivity index (χ1) is 10.6. The third-order valence-corrected chi connectivity index (χ3v) is 4.08. The molecule has 8 heteroatoms. The summed E-state index contributed by atoms with van der Waals surface area (Å²) in [6.45, 7) is 1.15. The maximum atomic E-state index is 12.4. The molecule has 1 amide bonds. The summed E-state index contributed by atoms with van der Waals surface area (Å²) in [5.74, 6) is 0.0184. The highest BCUT2D eigenvalue weighted by Crippen LogP contribution is 2.26. The molecule has 0 atom stereocenters. The predicted molar refractivity (Wildman–Crippen MR) is 78.8 cm³/mol. The van der Waals surface area contributed by atoms with Gasteiger partial charge in [-0.2, -0.15) is 5.10 Å². The zero-order chi connectivity index (χ0) is 15.7. The Bertz CT molecular complexity index is 782. The molecule has 1 saturated heterocycles. The second kappa shape index (κ2) is 5.63. The third-order valence-electron chi connectivity index (χ3n) is 4.08. The fraction of sp³-hybridized carbons (Fsp3) is 0.429. The maximum absolute atomic E-state index is 12.4. The van der Waals surface area contributed by atoms with Crippen LogP contribution in [-0.4, -0.2) is 43.6 Å². The molecule has 2 aromatic rings. The third kappa shape index (κ3) is 2.59. The van der Waals surface area contributed by atoms with E-state index in [1.54, 1.807) is 11.1 Å². The van der Waals surface area contributed by atoms with Gasteiger partial charge >= 0.3 is 5.69 Å². The number of aryl methyl sites for hydroxylation is 1. The molecule has 0 aromatic carbocycles. The molecular formula is C14H17N5O3. The Balaban J connectivity index is 1.74. The SMILES string of the molecule is Cn1cc(C(=O)N2CCC(c3ccn[nH]3)CC2)c(=O)[nH]c1=O. The summed E-state index contributed by atoms with van der Waals surface area (Å²) in [6.07, 6.45) is 4.65. The summed E-state index contributed by atoms with van der Waals surface area (Å²) in [4.78, 5) is 39.4. The van der Waals surface area contributed by atoms with Crippen molar-refractivity contribution >= 4 is 5.91 Å². The lowest BCUT2D eigenvalue weighted by Gasteiger charge is -2.31. The van der Waals surface area contributed by atoms with Crippen molar-refractivity contribution in [3.05, 3.63) is 50.6 Å². The molecule has 0 bridgehead atoms. The summed E-state index contributed by atoms with van der Waals surface area (Å²) in [7, 11) is 1.50. The Morgan fingerprint density at radius 3 is 2.68 bits per heavy atom. The van der Waals surface area contributed by atoms with Crippen molar-refractivity contribution in [3.63, 3.8) is 0 Å². The summed E-state index contributed by atoms with van der Waals surface area (Å²) in [5.41, 5.74) is -0.0857. The lowest BCUT2D eigenvalue weighted by Crippen LogP contribution is -2.42. The fourth-order valence-electron chi connectivity index (χ4n) is 2.77. The molecule has 1 aliphatic rings. The summed E-state index contributed by atoms with van der Waals surface area (Å²) >= 11 is 0. The number of nitrogens with zero attached hydrogens (tertiary/aromatic N) is 3. The lowest BCUT2D eigenvalue weighted by molar-refractivity contribution is 0.0709. The van der Waals surface area contributed by atoms with Crippen LogP contribution in [0.2, 0.25) is 0 Å². The van der Waals surface area contributed by atoms with Gasteiger partial charge in [0.1, 0.15) is 5.56 Å². The minimum atomic E-state index is -0.635. The number of nitrogens with one attached hydrogen (secondary N) is 2. The Morgan fingerprint density at radius 1 is 1.32 bits per heavy atom. The van der Waals surface area contributed by atoms with Crippen LogP contribution in [0.5, 0.6) is 0 Å². The van der Waals surface area contributed by atoms with Gasteiger partial charge in [0.15, 0.2) is 0 Å². The topological polar surface area (TPSA) is 104 Å². The van der Waals surface area contributed by atoms with Crippen molar-refractivity contribution in [2.45, 2.75) is 18.8 Å². The highest BCUT2D eigenvalue weighted by molar-refractivity contribution is 5.93. The van der Waals surface area contributed by atoms with Crippen LogP contribution in [-0.2, 0) is 7.05 Å². The van der Waals surface area contributed by atoms with Gasteiger partial charge in [0, 0.05) is 44.1 Å². The number of carbonyl (C=O) groups is 1. The number of H-pyrrole nitrogens is 2. The standard InChI is InChI=1S/C14H17N5O3/c1-18-8-10(12(20)16-14(18)22)13(21)19-6-3-9(4-7-19)11-2-5-15-17-11/h2,5,8-9H,3-4,6-7H2,1H3,(H,15,17)(H,16,20,22). The molecule has 0 unspecified atom stereocenters. The van der Waals surface area contributed by atoms with Crippen molar-refractivity contribution in [3.8, 4) is 0 Å². The maximum Gasteiger partial charge on any atom is 0.328 e. The van der Waals surface area contributed by atoms with E-state index in [2.05, 4.69) is 15.2 Å². The molecule has 1 fully saturated rings. The minimum absolute atomic E-state index is 0.00194. The van der Waals surface area contributed by atoms with E-state index in [4.69, 9.17) is 0 Å². The van der Waals surface area contributed by atoms with E-state index in [0.29, 0.717) is 19.0 Å². The van der Waals surface area contributed by atoms with Crippen LogP contribution < -0.4 is 11.2 Å². The molecule has 1 aliphatic heterocycles. The number of likely N-dealkylation sites (tertiary alicyclic amines) is 1. The number of hydrogen-bond donors (Lipinski definition) is 2. The van der Waals surface area contributed by atoms with E-state index in [-0.39, 0.29) is 11.5 Å². The molecule has 0 radical (unpaired) electrons. The molecule has 8 nitrogen and oxygen atoms in total. The molecule has 22 heavy (non-hydrogen) atoms. The highest BCUT2D eigenvalue weighted by Gasteiger charge is 2.26. The van der Waals surface area contributed by atoms with Crippen molar-refractivity contribution < 1.29 is 4.79 Å². The van der Waals surface area contributed by atoms with Gasteiger partial charge < -0.3 is 9.47 Å². The Labute approximate surface area is 125 Å². The predicted octanol–water partition coefficient (Wildman–Crippen LogP) is -0.183. The van der Waals surface area contributed by atoms with Gasteiger partial charge in [-0.25, -0.2) is 4.79 Å². The smallest absolute Gasteiger partial charge is 0.328 e. The van der Waals surface area contributed by atoms with Gasteiger partial charge in [0.25, 0.3) is 11.5 Å². The highest BCUT2D eigenvalue weighted by atomic mass is 16.2. The van der Waals surface area contributed by atoms with Gasteiger partial charge in [-0.3, -0.25) is 19.7 Å². The zero-order valence-electron chi connectivity index (χ0n) is 12.2. The van der Waals surface area contributed by atoms with Crippen LogP contribution >= 0.6 is 0 Å². The molecule has 116 valence electrons. The average Bonchev–Trinajstić information content (AvgIpc) is 3.05. The zero-order valence-corrected chi connectivity index (χ0v) is 12.2. The monoisotopic (exact) mass is 303 g/mol. The molecule has 3 rings (SSSR count). The van der Waals surface area contributed by atoms with Crippen molar-refractivity contribution in [2.75, 3.05) is 13.1 Å². The second-order valence-electron chi connectivity index (χ2n) is 5.49. The largest absolute Gasteiger partial charge is 0.338 e. The van der Waals surface area contributed by atoms with Crippen LogP contribution in [0.15, 0.2) is 28.0 Å². The van der Waals surface area contributed by atoms with E-state index in [1.807, 2.05) is 6.07 Å². The fourth-order valence-corrected chi connectivity index (χ4v) is 2.77. The van der Waals surface area contributed by atoms with Crippen LogP contribution in [0.1, 0.15) is 34.8 Å². The first kappa shape index (κ1) is 14.3. The van der Waals surface area contributed by atoms with E-state index in [1.165, 1.54) is 17.8 Å². The van der Waals surface area contributed by atoms with Crippen LogP contribution in [0, 0.1) is 0 Å². The second-order valence-corrected chi connectivity index (χ2v) is 5.49. The van der Waals surface area contributed by atoms with Gasteiger partial charge in [0.05, 0.1) is 0 Å². The van der Waals surface area contributed by atoms with E-state index < -0.39 is 11.2 Å². The number of carbonyl (C=O) groups excluding carboxylic acids is 1. The number of aromatic amines is 2. The van der Waals surface area contributed by atoms with Gasteiger partial charge in [-0.15, -0.1) is 0 Å². The number of piperidine rings is 1. The Hall–Kier alpha value is -2.64. The van der Waals surface area contributed by atoms with Crippen molar-refractivity contribution in [1.82, 2.24) is 24.6 Å². The Morgan fingerprint density at radius 2 is 2.05 bits per heavy atom. The van der Waals surface area contributed by atoms with Gasteiger partial charge in [0.2, 0.25) is 0 Å². The summed E-state index contributed by atoms with van der Waals surface area (Å²) in [5, 5.41) is 6.90. The van der Waals surface area contributed by atoms with Gasteiger partial charge in [-0.05, 0) is 18.9 Å². The van der Waals surface area contributed by atoms with Crippen LogP contribution in [0.3, 0.4) is 0 Å². The average molecular weight is 303 g/mol. The van der Waals surface area contributed by atoms with E-state index in [9.17, 15) is 14.4 Å². The minimum Gasteiger partial charge on any atom is -0.338 e. The van der Waals surface area contributed by atoms with Crippen LogP contribution in [0.4, 0.5) is 0 Å². The number of hydrogen-bond acceptors (Lipinski definition) is 4. The van der Waals surface area contributed by atoms with E-state index >= 15 is 0 Å². The van der Waals surface area contributed by atoms with Crippen LogP contribution in [0.25, 0.3) is 0 Å². The van der Waals surface area contributed by atoms with Crippen molar-refractivity contribution in [2.24, 2.45) is 7.05 Å². The normalized spacial score (nSPS) is 16.0. The molecule has 2 aromatic heterocycles. The molecule has 3 heterocycles. The first-order valence-electron chi connectivity index (χ1n) is 7.15. The first-order valence-corrected chi connectivity index (χ1v) is 7.15. The Kier molecular flexibility index (Phi) is 3.66. The lowest BCUT2D eigenvalue weighted by atomic mass is 9.93. The number of amides is 1. The van der Waals surface area contributed by atoms with Crippen molar-refractivity contribution in [1.29, 1.82) is 0 Å². The molecule has 0 spiro atoms. The van der Waals surface area contributed by atoms with Gasteiger partial charge in [-0.1, -0.05) is 0 Å². The van der Waals surface area contributed by atoms with E-state index in [0.717, 1.165) is 18.5 Å². The number of aromatic nitrogens is 4. The molecule has 0 aliphatic carbocycles. The summed E-state index contributed by atoms with van der Waals surface area (Å²) in [6, 6.07) is 1.94. The molecule has 0 saturated carbocycles. The molecular weight excluding hydrogens is 286 g/mol. The number of rotatable bonds is 2.